The molecule has 1 fully saturated rings. The molecule has 1 aliphatic carbocycles. The van der Waals surface area contributed by atoms with E-state index in [1.807, 2.05) is 12.1 Å². The van der Waals surface area contributed by atoms with Gasteiger partial charge in [0.25, 0.3) is 0 Å². The van der Waals surface area contributed by atoms with Gasteiger partial charge in [-0.2, -0.15) is 0 Å². The molecule has 0 amide bonds. The molecule has 0 aliphatic heterocycles. The predicted molar refractivity (Wildman–Crippen MR) is 77.4 cm³/mol. The zero-order valence-corrected chi connectivity index (χ0v) is 12.5. The maximum Gasteiger partial charge on any atom is 0.0449 e. The van der Waals surface area contributed by atoms with Crippen molar-refractivity contribution in [3.63, 3.8) is 0 Å². The number of benzene rings is 1. The van der Waals surface area contributed by atoms with Crippen LogP contribution < -0.4 is 5.73 Å². The molecule has 1 aromatic carbocycles. The molecule has 0 spiro atoms. The van der Waals surface area contributed by atoms with Crippen LogP contribution in [0.1, 0.15) is 38.2 Å². The maximum absolute atomic E-state index is 6.52. The number of hydrogen-bond donors (Lipinski definition) is 1. The third-order valence-electron chi connectivity index (χ3n) is 3.68. The molecule has 0 radical (unpaired) electrons. The second kappa shape index (κ2) is 5.29. The van der Waals surface area contributed by atoms with Gasteiger partial charge in [0, 0.05) is 15.0 Å². The van der Waals surface area contributed by atoms with Crippen LogP contribution in [0.5, 0.6) is 0 Å². The second-order valence-electron chi connectivity index (χ2n) is 5.48. The average Bonchev–Trinajstić information content (AvgIpc) is 2.22. The van der Waals surface area contributed by atoms with Gasteiger partial charge in [0.1, 0.15) is 0 Å². The Kier molecular flexibility index (Phi) is 4.17. The lowest BCUT2D eigenvalue weighted by Gasteiger charge is -2.37. The Balaban J connectivity index is 2.14. The summed E-state index contributed by atoms with van der Waals surface area (Å²) < 4.78 is 1.02. The van der Waals surface area contributed by atoms with E-state index in [2.05, 4.69) is 28.9 Å². The zero-order chi connectivity index (χ0) is 12.5. The van der Waals surface area contributed by atoms with E-state index in [0.29, 0.717) is 0 Å². The van der Waals surface area contributed by atoms with Crippen molar-refractivity contribution < 1.29 is 0 Å². The van der Waals surface area contributed by atoms with Crippen molar-refractivity contribution in [3.05, 3.63) is 33.3 Å². The van der Waals surface area contributed by atoms with Gasteiger partial charge in [-0.15, -0.1) is 0 Å². The summed E-state index contributed by atoms with van der Waals surface area (Å²) in [7, 11) is 0. The zero-order valence-electron chi connectivity index (χ0n) is 10.2. The van der Waals surface area contributed by atoms with Gasteiger partial charge in [0.15, 0.2) is 0 Å². The largest absolute Gasteiger partial charge is 0.325 e. The molecule has 94 valence electrons. The van der Waals surface area contributed by atoms with Gasteiger partial charge >= 0.3 is 0 Å². The molecule has 0 bridgehead atoms. The first kappa shape index (κ1) is 13.4. The van der Waals surface area contributed by atoms with Gasteiger partial charge < -0.3 is 5.73 Å². The molecular formula is C14H19BrClN. The van der Waals surface area contributed by atoms with Gasteiger partial charge in [-0.1, -0.05) is 53.4 Å². The molecule has 1 saturated carbocycles. The minimum Gasteiger partial charge on any atom is -0.325 e. The molecule has 1 aliphatic rings. The van der Waals surface area contributed by atoms with Crippen LogP contribution in [0.3, 0.4) is 0 Å². The molecule has 2 atom stereocenters. The van der Waals surface area contributed by atoms with Gasteiger partial charge in [0.05, 0.1) is 0 Å². The number of rotatable bonds is 2. The SMILES string of the molecule is CC1CCCC(N)(Cc2ccc(Br)cc2Cl)C1. The number of nitrogens with two attached hydrogens (primary N) is 1. The van der Waals surface area contributed by atoms with E-state index < -0.39 is 0 Å². The standard InChI is InChI=1S/C14H19BrClN/c1-10-3-2-6-14(17,8-10)9-11-4-5-12(15)7-13(11)16/h4-5,7,10H,2-3,6,8-9,17H2,1H3. The second-order valence-corrected chi connectivity index (χ2v) is 6.80. The molecule has 2 N–H and O–H groups in total. The Bertz CT molecular complexity index is 407. The quantitative estimate of drug-likeness (QED) is 0.851. The predicted octanol–water partition coefficient (Wildman–Crippen LogP) is 4.55. The van der Waals surface area contributed by atoms with E-state index in [0.717, 1.165) is 34.7 Å². The summed E-state index contributed by atoms with van der Waals surface area (Å²) in [5.41, 5.74) is 7.63. The molecule has 17 heavy (non-hydrogen) atoms. The first-order valence-electron chi connectivity index (χ1n) is 6.21. The van der Waals surface area contributed by atoms with Crippen LogP contribution in [0, 0.1) is 5.92 Å². The lowest BCUT2D eigenvalue weighted by molar-refractivity contribution is 0.235. The molecular weight excluding hydrogens is 298 g/mol. The molecule has 0 saturated heterocycles. The van der Waals surface area contributed by atoms with Gasteiger partial charge in [-0.3, -0.25) is 0 Å². The Morgan fingerprint density at radius 2 is 2.29 bits per heavy atom. The fraction of sp³-hybridized carbons (Fsp3) is 0.571. The fourth-order valence-electron chi connectivity index (χ4n) is 2.91. The van der Waals surface area contributed by atoms with Crippen LogP contribution in [-0.4, -0.2) is 5.54 Å². The molecule has 1 aromatic rings. The summed E-state index contributed by atoms with van der Waals surface area (Å²) in [5, 5.41) is 0.822. The van der Waals surface area contributed by atoms with Crippen molar-refractivity contribution in [1.82, 2.24) is 0 Å². The molecule has 2 unspecified atom stereocenters. The van der Waals surface area contributed by atoms with E-state index in [4.69, 9.17) is 17.3 Å². The number of hydrogen-bond acceptors (Lipinski definition) is 1. The summed E-state index contributed by atoms with van der Waals surface area (Å²) in [6.45, 7) is 2.30. The molecule has 3 heteroatoms. The van der Waals surface area contributed by atoms with E-state index >= 15 is 0 Å². The molecule has 0 heterocycles. The highest BCUT2D eigenvalue weighted by molar-refractivity contribution is 9.10. The number of halogens is 2. The average molecular weight is 317 g/mol. The Morgan fingerprint density at radius 3 is 2.94 bits per heavy atom. The van der Waals surface area contributed by atoms with E-state index in [1.54, 1.807) is 0 Å². The van der Waals surface area contributed by atoms with Crippen molar-refractivity contribution in [2.75, 3.05) is 0 Å². The first-order valence-corrected chi connectivity index (χ1v) is 7.38. The van der Waals surface area contributed by atoms with E-state index in [1.165, 1.54) is 18.4 Å². The lowest BCUT2D eigenvalue weighted by Crippen LogP contribution is -2.45. The van der Waals surface area contributed by atoms with Crippen LogP contribution in [0.2, 0.25) is 5.02 Å². The van der Waals surface area contributed by atoms with Crippen molar-refractivity contribution >= 4 is 27.5 Å². The summed E-state index contributed by atoms with van der Waals surface area (Å²) >= 11 is 9.69. The van der Waals surface area contributed by atoms with Crippen molar-refractivity contribution in [2.45, 2.75) is 44.6 Å². The summed E-state index contributed by atoms with van der Waals surface area (Å²) in [4.78, 5) is 0. The fourth-order valence-corrected chi connectivity index (χ4v) is 3.65. The topological polar surface area (TPSA) is 26.0 Å². The summed E-state index contributed by atoms with van der Waals surface area (Å²) in [5.74, 6) is 0.739. The normalized spacial score (nSPS) is 29.3. The van der Waals surface area contributed by atoms with Crippen LogP contribution in [0.25, 0.3) is 0 Å². The lowest BCUT2D eigenvalue weighted by atomic mass is 9.74. The van der Waals surface area contributed by atoms with Crippen LogP contribution in [0.15, 0.2) is 22.7 Å². The van der Waals surface area contributed by atoms with Gasteiger partial charge in [-0.25, -0.2) is 0 Å². The molecule has 0 aromatic heterocycles. The Hall–Kier alpha value is -0.0500. The first-order chi connectivity index (χ1) is 7.98. The third kappa shape index (κ3) is 3.46. The minimum atomic E-state index is -0.0604. The van der Waals surface area contributed by atoms with Gasteiger partial charge in [-0.05, 0) is 42.9 Å². The summed E-state index contributed by atoms with van der Waals surface area (Å²) in [6, 6.07) is 6.07. The van der Waals surface area contributed by atoms with E-state index in [9.17, 15) is 0 Å². The molecule has 1 nitrogen and oxygen atoms in total. The minimum absolute atomic E-state index is 0.0604. The van der Waals surface area contributed by atoms with Crippen LogP contribution in [0.4, 0.5) is 0 Å². The van der Waals surface area contributed by atoms with Crippen molar-refractivity contribution in [2.24, 2.45) is 11.7 Å². The van der Waals surface area contributed by atoms with Crippen LogP contribution in [-0.2, 0) is 6.42 Å². The van der Waals surface area contributed by atoms with Gasteiger partial charge in [0.2, 0.25) is 0 Å². The monoisotopic (exact) mass is 315 g/mol. The highest BCUT2D eigenvalue weighted by Crippen LogP contribution is 2.34. The van der Waals surface area contributed by atoms with Crippen molar-refractivity contribution in [3.8, 4) is 0 Å². The van der Waals surface area contributed by atoms with Crippen molar-refractivity contribution in [1.29, 1.82) is 0 Å². The smallest absolute Gasteiger partial charge is 0.0449 e. The van der Waals surface area contributed by atoms with Crippen LogP contribution >= 0.6 is 27.5 Å². The third-order valence-corrected chi connectivity index (χ3v) is 4.53. The Labute approximate surface area is 117 Å². The maximum atomic E-state index is 6.52. The Morgan fingerprint density at radius 1 is 1.53 bits per heavy atom. The highest BCUT2D eigenvalue weighted by atomic mass is 79.9. The highest BCUT2D eigenvalue weighted by Gasteiger charge is 2.31. The van der Waals surface area contributed by atoms with E-state index in [-0.39, 0.29) is 5.54 Å². The summed E-state index contributed by atoms with van der Waals surface area (Å²) in [6.07, 6.45) is 5.67. The molecule has 2 rings (SSSR count).